The van der Waals surface area contributed by atoms with Crippen LogP contribution >= 0.6 is 0 Å². The molecule has 0 aromatic heterocycles. The van der Waals surface area contributed by atoms with Gasteiger partial charge in [-0.1, -0.05) is 180 Å². The Morgan fingerprint density at radius 1 is 0.164 bits per heavy atom. The maximum Gasteiger partial charge on any atom is 0.0857 e. The summed E-state index contributed by atoms with van der Waals surface area (Å²) >= 11 is 0. The van der Waals surface area contributed by atoms with Gasteiger partial charge in [0.2, 0.25) is 0 Å². The van der Waals surface area contributed by atoms with Crippen LogP contribution in [0.5, 0.6) is 0 Å². The van der Waals surface area contributed by atoms with Crippen molar-refractivity contribution >= 4 is 45.5 Å². The molecule has 0 unspecified atom stereocenters. The van der Waals surface area contributed by atoms with Crippen molar-refractivity contribution in [3.8, 4) is 0 Å². The molecule has 0 aliphatic heterocycles. The van der Waals surface area contributed by atoms with Gasteiger partial charge in [0.25, 0.3) is 0 Å². The molecule has 0 amide bonds. The van der Waals surface area contributed by atoms with Crippen molar-refractivity contribution in [3.05, 3.63) is 239 Å². The molecular weight excluding hydrogens is 893 g/mol. The third-order valence-electron chi connectivity index (χ3n) is 13.3. The third-order valence-corrected chi connectivity index (χ3v) is 13.3. The van der Waals surface area contributed by atoms with Crippen molar-refractivity contribution in [3.63, 3.8) is 0 Å². The molecule has 0 atom stereocenters. The van der Waals surface area contributed by atoms with Crippen LogP contribution < -0.4 is 0 Å². The van der Waals surface area contributed by atoms with E-state index in [1.807, 2.05) is 97.1 Å². The molecule has 368 valence electrons. The summed E-state index contributed by atoms with van der Waals surface area (Å²) in [4.78, 5) is 0. The van der Waals surface area contributed by atoms with Crippen molar-refractivity contribution in [1.82, 2.24) is 0 Å². The Bertz CT molecular complexity index is 2760. The molecule has 0 heterocycles. The van der Waals surface area contributed by atoms with Gasteiger partial charge in [-0.3, -0.25) is 0 Å². The first-order valence-corrected chi connectivity index (χ1v) is 25.2. The fraction of sp³-hybridized carbons (Fsp3) is 0.262. The summed E-state index contributed by atoms with van der Waals surface area (Å²) in [7, 11) is 0. The van der Waals surface area contributed by atoms with Gasteiger partial charge in [-0.25, -0.2) is 0 Å². The maximum atomic E-state index is 4.69. The van der Waals surface area contributed by atoms with Gasteiger partial charge in [0.1, 0.15) is 0 Å². The second-order valence-electron chi connectivity index (χ2n) is 22.9. The predicted molar refractivity (Wildman–Crippen MR) is 302 cm³/mol. The molecule has 73 heavy (non-hydrogen) atoms. The molecule has 8 rings (SSSR count). The highest BCUT2D eigenvalue weighted by molar-refractivity contribution is 5.64. The zero-order chi connectivity index (χ0) is 52.0. The normalized spacial score (nSPS) is 13.6. The second-order valence-corrected chi connectivity index (χ2v) is 22.9. The Kier molecular flexibility index (Phi) is 14.9. The zero-order valence-corrected chi connectivity index (χ0v) is 44.6. The molecule has 0 spiro atoms. The lowest BCUT2D eigenvalue weighted by Crippen LogP contribution is -2.30. The van der Waals surface area contributed by atoms with Crippen molar-refractivity contribution < 1.29 is 0 Å². The Labute approximate surface area is 433 Å². The van der Waals surface area contributed by atoms with E-state index in [1.165, 1.54) is 22.3 Å². The van der Waals surface area contributed by atoms with Gasteiger partial charge in [-0.2, -0.15) is 40.9 Å². The molecule has 0 saturated carbocycles. The van der Waals surface area contributed by atoms with Gasteiger partial charge in [-0.05, 0) is 163 Å². The highest BCUT2D eigenvalue weighted by atomic mass is 15.1. The fourth-order valence-corrected chi connectivity index (χ4v) is 8.69. The largest absolute Gasteiger partial charge is 0.151 e. The summed E-state index contributed by atoms with van der Waals surface area (Å²) in [5, 5.41) is 37.2. The summed E-state index contributed by atoms with van der Waals surface area (Å²) in [5.74, 6) is 0. The third kappa shape index (κ3) is 12.6. The number of nitrogens with zero attached hydrogens (tertiary/aromatic N) is 8. The van der Waals surface area contributed by atoms with Crippen LogP contribution in [-0.2, 0) is 27.1 Å². The van der Waals surface area contributed by atoms with Gasteiger partial charge in [-0.15, -0.1) is 0 Å². The van der Waals surface area contributed by atoms with E-state index in [1.54, 1.807) is 0 Å². The molecule has 8 aromatic rings. The van der Waals surface area contributed by atoms with E-state index < -0.39 is 5.41 Å². The van der Waals surface area contributed by atoms with E-state index in [9.17, 15) is 0 Å². The number of azo groups is 4. The molecule has 8 nitrogen and oxygen atoms in total. The standard InChI is InChI=1S/C65H68N8/c1-61(2,3)45-13-29-53(30-14-45)66-70-57-37-21-49(22-38-57)65(50-23-39-58(40-24-50)71-67-54-31-15-46(16-32-54)62(4,5)6,51-25-41-59(42-26-51)72-68-55-33-17-47(18-34-55)63(7,8)9)52-27-43-60(44-28-52)73-69-56-35-19-48(20-36-56)64(10,11)12/h13-44H,1-12H3. The molecule has 8 aromatic carbocycles. The average Bonchev–Trinajstić information content (AvgIpc) is 3.37. The molecule has 0 fully saturated rings. The summed E-state index contributed by atoms with van der Waals surface area (Å²) < 4.78 is 0. The Hall–Kier alpha value is -7.84. The lowest BCUT2D eigenvalue weighted by atomic mass is 9.65. The first kappa shape index (κ1) is 51.5. The predicted octanol–water partition coefficient (Wildman–Crippen LogP) is 20.9. The molecule has 8 heteroatoms. The Balaban J connectivity index is 1.21. The molecule has 0 aliphatic carbocycles. The number of rotatable bonds is 12. The van der Waals surface area contributed by atoms with Crippen LogP contribution in [-0.4, -0.2) is 0 Å². The van der Waals surface area contributed by atoms with Crippen LogP contribution in [0, 0.1) is 0 Å². The maximum absolute atomic E-state index is 4.69. The van der Waals surface area contributed by atoms with Crippen LogP contribution in [0.3, 0.4) is 0 Å². The highest BCUT2D eigenvalue weighted by Crippen LogP contribution is 2.47. The van der Waals surface area contributed by atoms with Gasteiger partial charge < -0.3 is 0 Å². The van der Waals surface area contributed by atoms with E-state index >= 15 is 0 Å². The lowest BCUT2D eigenvalue weighted by molar-refractivity contribution is 0.590. The summed E-state index contributed by atoms with van der Waals surface area (Å²) in [6.07, 6.45) is 0. The minimum Gasteiger partial charge on any atom is -0.151 e. The summed E-state index contributed by atoms with van der Waals surface area (Å²) in [6.45, 7) is 26.5. The summed E-state index contributed by atoms with van der Waals surface area (Å²) in [6, 6.07) is 66.6. The van der Waals surface area contributed by atoms with Gasteiger partial charge in [0, 0.05) is 0 Å². The second kappa shape index (κ2) is 21.1. The number of benzene rings is 8. The smallest absolute Gasteiger partial charge is 0.0857 e. The van der Waals surface area contributed by atoms with Crippen LogP contribution in [0.15, 0.2) is 235 Å². The van der Waals surface area contributed by atoms with Crippen LogP contribution in [0.25, 0.3) is 0 Å². The van der Waals surface area contributed by atoms with E-state index in [2.05, 4.69) is 221 Å². The van der Waals surface area contributed by atoms with E-state index in [0.717, 1.165) is 67.8 Å². The number of hydrogen-bond acceptors (Lipinski definition) is 8. The van der Waals surface area contributed by atoms with Crippen molar-refractivity contribution in [2.45, 2.75) is 110 Å². The molecule has 0 aliphatic rings. The quantitative estimate of drug-likeness (QED) is 0.0861. The van der Waals surface area contributed by atoms with E-state index in [0.29, 0.717) is 0 Å². The minimum atomic E-state index is -0.839. The van der Waals surface area contributed by atoms with Gasteiger partial charge in [0.15, 0.2) is 0 Å². The molecular formula is C65H68N8. The van der Waals surface area contributed by atoms with Crippen LogP contribution in [0.4, 0.5) is 45.5 Å². The molecule has 0 bridgehead atoms. The van der Waals surface area contributed by atoms with Crippen LogP contribution in [0.2, 0.25) is 0 Å². The van der Waals surface area contributed by atoms with Crippen molar-refractivity contribution in [2.24, 2.45) is 40.9 Å². The van der Waals surface area contributed by atoms with E-state index in [4.69, 9.17) is 0 Å². The fourth-order valence-electron chi connectivity index (χ4n) is 8.69. The van der Waals surface area contributed by atoms with E-state index in [-0.39, 0.29) is 21.7 Å². The van der Waals surface area contributed by atoms with Crippen molar-refractivity contribution in [1.29, 1.82) is 0 Å². The molecule has 0 radical (unpaired) electrons. The Morgan fingerprint density at radius 2 is 0.274 bits per heavy atom. The topological polar surface area (TPSA) is 98.9 Å². The SMILES string of the molecule is CC(C)(C)c1ccc(N=Nc2ccc(C(c3ccc(N=Nc4ccc(C(C)(C)C)cc4)cc3)(c3ccc(N=Nc4ccc(C(C)(C)C)cc4)cc3)c3ccc(N=Nc4ccc(C(C)(C)C)cc4)cc3)cc2)cc1. The molecule has 0 N–H and O–H groups in total. The van der Waals surface area contributed by atoms with Gasteiger partial charge >= 0.3 is 0 Å². The van der Waals surface area contributed by atoms with Gasteiger partial charge in [0.05, 0.1) is 50.9 Å². The number of hydrogen-bond donors (Lipinski definition) is 0. The average molecular weight is 961 g/mol. The lowest BCUT2D eigenvalue weighted by Gasteiger charge is -2.37. The first-order chi connectivity index (χ1) is 34.6. The first-order valence-electron chi connectivity index (χ1n) is 25.2. The van der Waals surface area contributed by atoms with Crippen LogP contribution in [0.1, 0.15) is 128 Å². The minimum absolute atomic E-state index is 0.0496. The highest BCUT2D eigenvalue weighted by Gasteiger charge is 2.38. The molecule has 0 saturated heterocycles. The van der Waals surface area contributed by atoms with Crippen molar-refractivity contribution in [2.75, 3.05) is 0 Å². The Morgan fingerprint density at radius 3 is 0.384 bits per heavy atom. The summed E-state index contributed by atoms with van der Waals surface area (Å²) in [5.41, 5.74) is 14.6. The zero-order valence-electron chi connectivity index (χ0n) is 44.6. The monoisotopic (exact) mass is 961 g/mol.